The quantitative estimate of drug-likeness (QED) is 0.831. The second-order valence-corrected chi connectivity index (χ2v) is 5.38. The van der Waals surface area contributed by atoms with E-state index in [2.05, 4.69) is 36.5 Å². The molecule has 0 aliphatic heterocycles. The fourth-order valence-corrected chi connectivity index (χ4v) is 2.81. The van der Waals surface area contributed by atoms with E-state index < -0.39 is 0 Å². The predicted molar refractivity (Wildman–Crippen MR) is 75.8 cm³/mol. The first-order chi connectivity index (χ1) is 8.73. The minimum atomic E-state index is 0.122. The molecule has 1 unspecified atom stereocenters. The van der Waals surface area contributed by atoms with E-state index in [1.807, 2.05) is 14.2 Å². The van der Waals surface area contributed by atoms with Crippen molar-refractivity contribution in [3.8, 4) is 0 Å². The summed E-state index contributed by atoms with van der Waals surface area (Å²) in [4.78, 5) is 0. The normalized spacial score (nSPS) is 19.3. The van der Waals surface area contributed by atoms with Crippen LogP contribution >= 0.6 is 0 Å². The fourth-order valence-electron chi connectivity index (χ4n) is 2.81. The molecule has 1 fully saturated rings. The predicted octanol–water partition coefficient (Wildman–Crippen LogP) is 3.47. The lowest BCUT2D eigenvalue weighted by atomic mass is 9.74. The molecule has 1 atom stereocenters. The van der Waals surface area contributed by atoms with Gasteiger partial charge in [0.05, 0.1) is 5.60 Å². The maximum Gasteiger partial charge on any atom is 0.0697 e. The molecule has 0 bridgehead atoms. The zero-order chi connectivity index (χ0) is 13.0. The number of hydrogen-bond donors (Lipinski definition) is 1. The van der Waals surface area contributed by atoms with Gasteiger partial charge in [0.1, 0.15) is 0 Å². The average molecular weight is 247 g/mol. The summed E-state index contributed by atoms with van der Waals surface area (Å²) in [7, 11) is 3.90. The van der Waals surface area contributed by atoms with Gasteiger partial charge in [0.15, 0.2) is 0 Å². The van der Waals surface area contributed by atoms with E-state index in [1.165, 1.54) is 30.4 Å². The Morgan fingerprint density at radius 1 is 1.28 bits per heavy atom. The molecule has 100 valence electrons. The smallest absolute Gasteiger partial charge is 0.0697 e. The van der Waals surface area contributed by atoms with Gasteiger partial charge in [-0.2, -0.15) is 0 Å². The lowest BCUT2D eigenvalue weighted by Gasteiger charge is -2.43. The summed E-state index contributed by atoms with van der Waals surface area (Å²) in [6, 6.07) is 9.38. The summed E-state index contributed by atoms with van der Waals surface area (Å²) in [5.41, 5.74) is 2.90. The van der Waals surface area contributed by atoms with E-state index in [9.17, 15) is 0 Å². The monoisotopic (exact) mass is 247 g/mol. The molecule has 1 aliphatic rings. The Bertz CT molecular complexity index is 362. The van der Waals surface area contributed by atoms with Crippen LogP contribution in [0.15, 0.2) is 24.3 Å². The molecule has 1 N–H and O–H groups in total. The van der Waals surface area contributed by atoms with Gasteiger partial charge in [-0.3, -0.25) is 0 Å². The van der Waals surface area contributed by atoms with Crippen LogP contribution in [0.5, 0.6) is 0 Å². The van der Waals surface area contributed by atoms with Gasteiger partial charge in [-0.1, -0.05) is 31.2 Å². The van der Waals surface area contributed by atoms with Crippen molar-refractivity contribution in [2.24, 2.45) is 0 Å². The summed E-state index contributed by atoms with van der Waals surface area (Å²) in [6.45, 7) is 2.19. The van der Waals surface area contributed by atoms with Crippen LogP contribution in [0.1, 0.15) is 49.8 Å². The summed E-state index contributed by atoms with van der Waals surface area (Å²) < 4.78 is 5.73. The molecule has 18 heavy (non-hydrogen) atoms. The standard InChI is InChI=1S/C16H25NO/c1-4-13-6-8-14(9-7-13)15(17-2)12-16(18-3)10-5-11-16/h6-9,15,17H,4-5,10-12H2,1-3H3. The molecule has 0 heterocycles. The SMILES string of the molecule is CCc1ccc(C(CC2(OC)CCC2)NC)cc1. The van der Waals surface area contributed by atoms with Crippen molar-refractivity contribution in [1.29, 1.82) is 0 Å². The van der Waals surface area contributed by atoms with Gasteiger partial charge >= 0.3 is 0 Å². The van der Waals surface area contributed by atoms with E-state index >= 15 is 0 Å². The summed E-state index contributed by atoms with van der Waals surface area (Å²) in [5, 5.41) is 3.43. The highest BCUT2D eigenvalue weighted by atomic mass is 16.5. The number of nitrogens with one attached hydrogen (secondary N) is 1. The summed E-state index contributed by atoms with van der Waals surface area (Å²) in [6.07, 6.45) is 5.89. The summed E-state index contributed by atoms with van der Waals surface area (Å²) >= 11 is 0. The summed E-state index contributed by atoms with van der Waals surface area (Å²) in [5.74, 6) is 0. The maximum absolute atomic E-state index is 5.73. The van der Waals surface area contributed by atoms with E-state index in [1.54, 1.807) is 0 Å². The van der Waals surface area contributed by atoms with Gasteiger partial charge in [0, 0.05) is 13.2 Å². The van der Waals surface area contributed by atoms with Gasteiger partial charge in [-0.15, -0.1) is 0 Å². The third-order valence-corrected chi connectivity index (χ3v) is 4.41. The first-order valence-corrected chi connectivity index (χ1v) is 7.04. The fraction of sp³-hybridized carbons (Fsp3) is 0.625. The Labute approximate surface area is 111 Å². The third kappa shape index (κ3) is 2.76. The van der Waals surface area contributed by atoms with Crippen LogP contribution in [-0.2, 0) is 11.2 Å². The van der Waals surface area contributed by atoms with Crippen molar-refractivity contribution in [3.63, 3.8) is 0 Å². The molecule has 2 rings (SSSR count). The molecule has 0 spiro atoms. The number of rotatable bonds is 6. The molecule has 1 aliphatic carbocycles. The van der Waals surface area contributed by atoms with E-state index in [-0.39, 0.29) is 5.60 Å². The van der Waals surface area contributed by atoms with Crippen molar-refractivity contribution in [3.05, 3.63) is 35.4 Å². The van der Waals surface area contributed by atoms with Crippen molar-refractivity contribution < 1.29 is 4.74 Å². The van der Waals surface area contributed by atoms with Crippen molar-refractivity contribution in [2.75, 3.05) is 14.2 Å². The van der Waals surface area contributed by atoms with Crippen molar-refractivity contribution in [2.45, 2.75) is 50.7 Å². The Kier molecular flexibility index (Phi) is 4.41. The van der Waals surface area contributed by atoms with E-state index in [0.717, 1.165) is 12.8 Å². The first kappa shape index (κ1) is 13.6. The minimum Gasteiger partial charge on any atom is -0.378 e. The molecule has 1 saturated carbocycles. The third-order valence-electron chi connectivity index (χ3n) is 4.41. The zero-order valence-corrected chi connectivity index (χ0v) is 11.8. The Morgan fingerprint density at radius 3 is 2.33 bits per heavy atom. The van der Waals surface area contributed by atoms with Crippen LogP contribution in [0.2, 0.25) is 0 Å². The van der Waals surface area contributed by atoms with Gasteiger partial charge in [-0.25, -0.2) is 0 Å². The van der Waals surface area contributed by atoms with Crippen LogP contribution in [0.4, 0.5) is 0 Å². The number of hydrogen-bond acceptors (Lipinski definition) is 2. The Balaban J connectivity index is 2.07. The number of aryl methyl sites for hydroxylation is 1. The molecule has 2 nitrogen and oxygen atoms in total. The molecular formula is C16H25NO. The molecule has 0 amide bonds. The van der Waals surface area contributed by atoms with Gasteiger partial charge in [0.2, 0.25) is 0 Å². The lowest BCUT2D eigenvalue weighted by molar-refractivity contribution is -0.0834. The Hall–Kier alpha value is -0.860. The lowest BCUT2D eigenvalue weighted by Crippen LogP contribution is -2.42. The molecule has 2 heteroatoms. The van der Waals surface area contributed by atoms with Crippen LogP contribution < -0.4 is 5.32 Å². The highest BCUT2D eigenvalue weighted by Crippen LogP contribution is 2.41. The molecule has 0 aromatic heterocycles. The van der Waals surface area contributed by atoms with E-state index in [0.29, 0.717) is 6.04 Å². The van der Waals surface area contributed by atoms with Crippen LogP contribution in [0.3, 0.4) is 0 Å². The van der Waals surface area contributed by atoms with Crippen molar-refractivity contribution in [1.82, 2.24) is 5.32 Å². The number of methoxy groups -OCH3 is 1. The molecular weight excluding hydrogens is 222 g/mol. The zero-order valence-electron chi connectivity index (χ0n) is 11.8. The van der Waals surface area contributed by atoms with Crippen LogP contribution in [0.25, 0.3) is 0 Å². The maximum atomic E-state index is 5.73. The van der Waals surface area contributed by atoms with Crippen LogP contribution in [-0.4, -0.2) is 19.8 Å². The molecule has 1 aromatic carbocycles. The first-order valence-electron chi connectivity index (χ1n) is 7.04. The molecule has 1 aromatic rings. The molecule has 0 radical (unpaired) electrons. The number of benzene rings is 1. The van der Waals surface area contributed by atoms with Crippen LogP contribution in [0, 0.1) is 0 Å². The largest absolute Gasteiger partial charge is 0.378 e. The second-order valence-electron chi connectivity index (χ2n) is 5.38. The topological polar surface area (TPSA) is 21.3 Å². The van der Waals surface area contributed by atoms with Gasteiger partial charge < -0.3 is 10.1 Å². The Morgan fingerprint density at radius 2 is 1.94 bits per heavy atom. The van der Waals surface area contributed by atoms with E-state index in [4.69, 9.17) is 4.74 Å². The van der Waals surface area contributed by atoms with Gasteiger partial charge in [0.25, 0.3) is 0 Å². The minimum absolute atomic E-state index is 0.122. The van der Waals surface area contributed by atoms with Crippen molar-refractivity contribution >= 4 is 0 Å². The second kappa shape index (κ2) is 5.85. The highest BCUT2D eigenvalue weighted by Gasteiger charge is 2.38. The molecule has 0 saturated heterocycles. The average Bonchev–Trinajstić information content (AvgIpc) is 2.39. The number of ether oxygens (including phenoxy) is 1. The van der Waals surface area contributed by atoms with Gasteiger partial charge in [-0.05, 0) is 50.3 Å². The highest BCUT2D eigenvalue weighted by molar-refractivity contribution is 5.25.